The van der Waals surface area contributed by atoms with Gasteiger partial charge in [0, 0.05) is 12.6 Å². The fourth-order valence-electron chi connectivity index (χ4n) is 1.52. The second-order valence-corrected chi connectivity index (χ2v) is 3.79. The van der Waals surface area contributed by atoms with Gasteiger partial charge in [0.15, 0.2) is 0 Å². The number of furan rings is 1. The van der Waals surface area contributed by atoms with Crippen LogP contribution in [0.4, 0.5) is 11.6 Å². The van der Waals surface area contributed by atoms with Gasteiger partial charge in [0.05, 0.1) is 12.8 Å². The maximum absolute atomic E-state index is 5.25. The molecule has 18 heavy (non-hydrogen) atoms. The van der Waals surface area contributed by atoms with E-state index in [1.807, 2.05) is 25.1 Å². The molecule has 0 aliphatic heterocycles. The van der Waals surface area contributed by atoms with Crippen LogP contribution in [0.15, 0.2) is 41.5 Å². The van der Waals surface area contributed by atoms with Gasteiger partial charge in [-0.05, 0) is 19.1 Å². The minimum atomic E-state index is 0.602. The summed E-state index contributed by atoms with van der Waals surface area (Å²) in [6, 6.07) is 5.64. The van der Waals surface area contributed by atoms with Crippen LogP contribution in [0.25, 0.3) is 0 Å². The zero-order valence-corrected chi connectivity index (χ0v) is 10.3. The predicted molar refractivity (Wildman–Crippen MR) is 71.5 cm³/mol. The summed E-state index contributed by atoms with van der Waals surface area (Å²) < 4.78 is 5.25. The maximum atomic E-state index is 5.25. The summed E-state index contributed by atoms with van der Waals surface area (Å²) in [4.78, 5) is 8.59. The third kappa shape index (κ3) is 3.35. The summed E-state index contributed by atoms with van der Waals surface area (Å²) in [5, 5.41) is 6.33. The van der Waals surface area contributed by atoms with Crippen molar-refractivity contribution in [2.24, 2.45) is 0 Å². The second-order valence-electron chi connectivity index (χ2n) is 3.79. The van der Waals surface area contributed by atoms with E-state index in [1.165, 1.54) is 0 Å². The van der Waals surface area contributed by atoms with Crippen LogP contribution in [0.3, 0.4) is 0 Å². The SMILES string of the molecule is C=CCNc1cc(NCc2ccco2)nc(C)n1. The van der Waals surface area contributed by atoms with Gasteiger partial charge in [-0.15, -0.1) is 6.58 Å². The fourth-order valence-corrected chi connectivity index (χ4v) is 1.52. The van der Waals surface area contributed by atoms with E-state index in [2.05, 4.69) is 27.2 Å². The third-order valence-electron chi connectivity index (χ3n) is 2.29. The number of hydrogen-bond acceptors (Lipinski definition) is 5. The topological polar surface area (TPSA) is 63.0 Å². The van der Waals surface area contributed by atoms with Crippen molar-refractivity contribution < 1.29 is 4.42 Å². The minimum Gasteiger partial charge on any atom is -0.467 e. The van der Waals surface area contributed by atoms with Gasteiger partial charge in [0.2, 0.25) is 0 Å². The Morgan fingerprint density at radius 3 is 2.78 bits per heavy atom. The van der Waals surface area contributed by atoms with Crippen molar-refractivity contribution in [1.29, 1.82) is 0 Å². The number of anilines is 2. The number of nitrogens with one attached hydrogen (secondary N) is 2. The predicted octanol–water partition coefficient (Wildman–Crippen LogP) is 2.59. The van der Waals surface area contributed by atoms with E-state index in [4.69, 9.17) is 4.42 Å². The standard InChI is InChI=1S/C13H16N4O/c1-3-6-14-12-8-13(17-10(2)16-12)15-9-11-5-4-7-18-11/h3-5,7-8H,1,6,9H2,2H3,(H2,14,15,16,17). The molecular formula is C13H16N4O. The summed E-state index contributed by atoms with van der Waals surface area (Å²) in [5.74, 6) is 3.13. The van der Waals surface area contributed by atoms with Crippen LogP contribution in [0.5, 0.6) is 0 Å². The first kappa shape index (κ1) is 12.2. The van der Waals surface area contributed by atoms with Crippen LogP contribution in [-0.4, -0.2) is 16.5 Å². The average molecular weight is 244 g/mol. The van der Waals surface area contributed by atoms with Crippen molar-refractivity contribution in [2.75, 3.05) is 17.2 Å². The molecule has 0 fully saturated rings. The van der Waals surface area contributed by atoms with Crippen LogP contribution < -0.4 is 10.6 Å². The highest BCUT2D eigenvalue weighted by atomic mass is 16.3. The van der Waals surface area contributed by atoms with Crippen LogP contribution in [0.1, 0.15) is 11.6 Å². The fraction of sp³-hybridized carbons (Fsp3) is 0.231. The molecule has 2 aromatic heterocycles. The Bertz CT molecular complexity index is 508. The van der Waals surface area contributed by atoms with E-state index in [0.717, 1.165) is 17.4 Å². The molecule has 2 N–H and O–H groups in total. The molecule has 0 spiro atoms. The lowest BCUT2D eigenvalue weighted by molar-refractivity contribution is 0.518. The average Bonchev–Trinajstić information content (AvgIpc) is 2.86. The van der Waals surface area contributed by atoms with Gasteiger partial charge in [-0.25, -0.2) is 9.97 Å². The highest BCUT2D eigenvalue weighted by Gasteiger charge is 2.02. The summed E-state index contributed by atoms with van der Waals surface area (Å²) in [6.45, 7) is 6.79. The van der Waals surface area contributed by atoms with Crippen LogP contribution in [-0.2, 0) is 6.54 Å². The number of nitrogens with zero attached hydrogens (tertiary/aromatic N) is 2. The van der Waals surface area contributed by atoms with Crippen molar-refractivity contribution >= 4 is 11.6 Å². The van der Waals surface area contributed by atoms with Crippen molar-refractivity contribution in [3.63, 3.8) is 0 Å². The van der Waals surface area contributed by atoms with Crippen LogP contribution in [0.2, 0.25) is 0 Å². The summed E-state index contributed by atoms with van der Waals surface area (Å²) in [6.07, 6.45) is 3.44. The summed E-state index contributed by atoms with van der Waals surface area (Å²) in [5.41, 5.74) is 0. The highest BCUT2D eigenvalue weighted by Crippen LogP contribution is 2.12. The second kappa shape index (κ2) is 5.86. The van der Waals surface area contributed by atoms with Crippen molar-refractivity contribution in [3.05, 3.63) is 48.7 Å². The smallest absolute Gasteiger partial charge is 0.132 e. The van der Waals surface area contributed by atoms with Gasteiger partial charge in [-0.1, -0.05) is 6.08 Å². The highest BCUT2D eigenvalue weighted by molar-refractivity contribution is 5.47. The van der Waals surface area contributed by atoms with E-state index < -0.39 is 0 Å². The van der Waals surface area contributed by atoms with Crippen molar-refractivity contribution in [2.45, 2.75) is 13.5 Å². The lowest BCUT2D eigenvalue weighted by atomic mass is 10.4. The Hall–Kier alpha value is -2.30. The molecule has 2 aromatic rings. The zero-order valence-electron chi connectivity index (χ0n) is 10.3. The van der Waals surface area contributed by atoms with Gasteiger partial charge in [0.1, 0.15) is 23.2 Å². The molecule has 2 rings (SSSR count). The summed E-state index contributed by atoms with van der Waals surface area (Å²) in [7, 11) is 0. The lowest BCUT2D eigenvalue weighted by Crippen LogP contribution is -2.06. The number of rotatable bonds is 6. The lowest BCUT2D eigenvalue weighted by Gasteiger charge is -2.08. The Labute approximate surface area is 106 Å². The Balaban J connectivity index is 2.02. The van der Waals surface area contributed by atoms with Gasteiger partial charge < -0.3 is 15.1 Å². The first-order chi connectivity index (χ1) is 8.78. The molecule has 0 radical (unpaired) electrons. The van der Waals surface area contributed by atoms with E-state index in [1.54, 1.807) is 12.3 Å². The number of hydrogen-bond donors (Lipinski definition) is 2. The first-order valence-electron chi connectivity index (χ1n) is 5.74. The maximum Gasteiger partial charge on any atom is 0.132 e. The minimum absolute atomic E-state index is 0.602. The first-order valence-corrected chi connectivity index (χ1v) is 5.74. The molecule has 5 nitrogen and oxygen atoms in total. The molecule has 0 atom stereocenters. The molecule has 0 aliphatic rings. The van der Waals surface area contributed by atoms with Gasteiger partial charge >= 0.3 is 0 Å². The van der Waals surface area contributed by atoms with Gasteiger partial charge in [0.25, 0.3) is 0 Å². The molecule has 0 saturated carbocycles. The van der Waals surface area contributed by atoms with E-state index in [0.29, 0.717) is 18.9 Å². The van der Waals surface area contributed by atoms with Crippen LogP contribution in [0, 0.1) is 6.92 Å². The molecule has 0 aliphatic carbocycles. The van der Waals surface area contributed by atoms with Crippen molar-refractivity contribution in [1.82, 2.24) is 9.97 Å². The molecule has 0 aromatic carbocycles. The van der Waals surface area contributed by atoms with E-state index in [9.17, 15) is 0 Å². The molecular weight excluding hydrogens is 228 g/mol. The Morgan fingerprint density at radius 1 is 1.33 bits per heavy atom. The molecule has 0 unspecified atom stereocenters. The molecule has 94 valence electrons. The van der Waals surface area contributed by atoms with E-state index in [-0.39, 0.29) is 0 Å². The third-order valence-corrected chi connectivity index (χ3v) is 2.29. The number of aryl methyl sites for hydroxylation is 1. The van der Waals surface area contributed by atoms with E-state index >= 15 is 0 Å². The molecule has 2 heterocycles. The molecule has 0 saturated heterocycles. The normalized spacial score (nSPS) is 10.1. The molecule has 5 heteroatoms. The monoisotopic (exact) mass is 244 g/mol. The Kier molecular flexibility index (Phi) is 3.96. The summed E-state index contributed by atoms with van der Waals surface area (Å²) >= 11 is 0. The molecule has 0 bridgehead atoms. The van der Waals surface area contributed by atoms with Crippen LogP contribution >= 0.6 is 0 Å². The number of aromatic nitrogens is 2. The molecule has 0 amide bonds. The zero-order chi connectivity index (χ0) is 12.8. The quantitative estimate of drug-likeness (QED) is 0.765. The van der Waals surface area contributed by atoms with Gasteiger partial charge in [-0.3, -0.25) is 0 Å². The largest absolute Gasteiger partial charge is 0.467 e. The van der Waals surface area contributed by atoms with Crippen molar-refractivity contribution in [3.8, 4) is 0 Å². The Morgan fingerprint density at radius 2 is 2.11 bits per heavy atom. The van der Waals surface area contributed by atoms with Gasteiger partial charge in [-0.2, -0.15) is 0 Å².